The van der Waals surface area contributed by atoms with E-state index in [1.54, 1.807) is 0 Å². The number of hydrogen-bond acceptors (Lipinski definition) is 23. The molecule has 31 heteroatoms. The number of halogens is 1. The molecule has 127 heavy (non-hydrogen) atoms. The lowest BCUT2D eigenvalue weighted by molar-refractivity contribution is -0.146. The minimum absolute atomic E-state index is 0. The SMILES string of the molecule is C.C1CCOC1.CC(=O)CCC(C)=O.Cc1cc(CBr)nc(-n2c(C)ccc2C)c1.Cc1cc(COC[C@H](CCn2c(C)ccc2C)OCc2cc(C)cc(-n3c(C)ccc3C)n2)nc(-n2c(C)ccc2C)c1.Cc1cc(N)nc(COC[C@H](CCN)OCc2cc(C)cc(N)n2)c1.Cc1ccc(C)n1CC[C@H](O)CO.NCC[C@H](O)C(=O)O.NCC[C@H](O)CO.S. The topological polar surface area (TPSA) is 438 Å². The summed E-state index contributed by atoms with van der Waals surface area (Å²) in [6.45, 7) is 41.2. The highest BCUT2D eigenvalue weighted by molar-refractivity contribution is 9.08. The Bertz CT molecular complexity index is 4690. The maximum absolute atomic E-state index is 10.2. The third kappa shape index (κ3) is 43.2. The van der Waals surface area contributed by atoms with Crippen LogP contribution in [0.15, 0.2) is 121 Å². The number of aliphatic hydroxyl groups is 5. The number of nitrogens with zero attached hydrogens (tertiary/aromatic N) is 10. The van der Waals surface area contributed by atoms with Crippen LogP contribution in [-0.4, -0.2) is 186 Å². The van der Waals surface area contributed by atoms with Gasteiger partial charge in [0.1, 0.15) is 40.7 Å². The van der Waals surface area contributed by atoms with Crippen LogP contribution in [0, 0.1) is 104 Å². The molecule has 11 rings (SSSR count). The summed E-state index contributed by atoms with van der Waals surface area (Å²) >= 11 is 3.45. The van der Waals surface area contributed by atoms with Crippen molar-refractivity contribution in [1.29, 1.82) is 0 Å². The third-order valence-electron chi connectivity index (χ3n) is 19.8. The molecule has 5 atom stereocenters. The summed E-state index contributed by atoms with van der Waals surface area (Å²) in [5.41, 5.74) is 49.4. The van der Waals surface area contributed by atoms with E-state index < -0.39 is 24.3 Å². The second-order valence-electron chi connectivity index (χ2n) is 31.6. The number of aliphatic hydroxyl groups excluding tert-OH is 5. The number of carboxylic acid groups (broad SMARTS) is 1. The van der Waals surface area contributed by atoms with Gasteiger partial charge in [-0.1, -0.05) is 23.4 Å². The van der Waals surface area contributed by atoms with Gasteiger partial charge in [0.05, 0.1) is 106 Å². The Morgan fingerprint density at radius 1 is 0.425 bits per heavy atom. The first-order valence-electron chi connectivity index (χ1n) is 42.6. The van der Waals surface area contributed by atoms with Gasteiger partial charge in [0.25, 0.3) is 0 Å². The van der Waals surface area contributed by atoms with E-state index in [0.717, 1.165) is 106 Å². The van der Waals surface area contributed by atoms with Crippen LogP contribution < -0.4 is 28.7 Å². The van der Waals surface area contributed by atoms with E-state index >= 15 is 0 Å². The van der Waals surface area contributed by atoms with Gasteiger partial charge >= 0.3 is 5.97 Å². The summed E-state index contributed by atoms with van der Waals surface area (Å²) in [5.74, 6) is 2.81. The Hall–Kier alpha value is -9.13. The standard InChI is InChI=1S/C36H45N5O2.C18H27N5O2.C13H15BrN2.C10H17NO2.C6H10O2.C4H9NO3.C4H11NO2.C4H8O.CH4.H2S/c1-24-17-32(37-35(19-24)40-28(5)11-12-29(40)6)21-42-23-34(15-16-39-26(3)9-10-27(39)4)43-22-33-18-25(2)20-36(38-33)41-30(7)13-14-31(41)8;1-12-5-14(22-17(20)7-12)9-24-11-16(3-4-19)25-10-15-6-13(2)8-18(21)23-15;1-9-6-12(8-14)15-13(7-9)16-10(2)4-5-11(16)3;1-8-3-4-9(2)11(8)6-5-10(13)7-12;1-5(7)3-4-6(2)8;5-2-1-3(6)4(7)8;5-2-1-4(7)3-6;1-2-4-5-3-1;;/h9-14,17-20,34H,15-16,21-23H2,1-8H3;5-8,16H,3-4,9-11,19H2,1-2H3,(H2,20,22)(H2,21,23);4-7H,8H2,1-3H3;3-4,10,12-13H,5-7H2,1-2H3;3-4H2,1-2H3;3,6H,1-2,5H2,(H,7,8);4,6-7H,1-3,5H2;1-4H2;1H4;1H2/t34-;16-;;10-;;3-;4-;;;/m00.0.00.../s1. The number of carbonyl (C=O) groups is 3. The lowest BCUT2D eigenvalue weighted by atomic mass is 10.2. The van der Waals surface area contributed by atoms with Gasteiger partial charge in [-0.05, 0) is 331 Å². The van der Waals surface area contributed by atoms with Crippen molar-refractivity contribution in [2.75, 3.05) is 70.7 Å². The van der Waals surface area contributed by atoms with E-state index in [2.05, 4.69) is 227 Å². The first kappa shape index (κ1) is 114. The summed E-state index contributed by atoms with van der Waals surface area (Å²) in [6.07, 6.45) is 3.37. The predicted molar refractivity (Wildman–Crippen MR) is 515 cm³/mol. The number of Topliss-reactive ketones (excluding diaryl/α,β-unsaturated/α-hetero) is 2. The zero-order valence-corrected chi connectivity index (χ0v) is 79.9. The molecule has 1 aliphatic heterocycles. The van der Waals surface area contributed by atoms with Crippen molar-refractivity contribution < 1.29 is 68.7 Å². The van der Waals surface area contributed by atoms with Crippen molar-refractivity contribution in [3.05, 3.63) is 235 Å². The van der Waals surface area contributed by atoms with Crippen LogP contribution in [0.1, 0.15) is 192 Å². The minimum atomic E-state index is -1.29. The molecule has 29 nitrogen and oxygen atoms in total. The number of pyridine rings is 5. The van der Waals surface area contributed by atoms with Crippen molar-refractivity contribution in [2.24, 2.45) is 17.2 Å². The van der Waals surface area contributed by atoms with E-state index in [4.69, 9.17) is 87.9 Å². The fourth-order valence-corrected chi connectivity index (χ4v) is 13.6. The number of ether oxygens (including phenoxy) is 5. The Morgan fingerprint density at radius 2 is 0.724 bits per heavy atom. The molecule has 1 fully saturated rings. The van der Waals surface area contributed by atoms with Crippen LogP contribution in [-0.2, 0) is 82.9 Å². The molecule has 0 aliphatic carbocycles. The molecule has 0 saturated carbocycles. The lowest BCUT2D eigenvalue weighted by Gasteiger charge is -2.20. The summed E-state index contributed by atoms with van der Waals surface area (Å²) < 4.78 is 40.4. The van der Waals surface area contributed by atoms with Crippen LogP contribution in [0.2, 0.25) is 0 Å². The van der Waals surface area contributed by atoms with Gasteiger partial charge in [-0.2, -0.15) is 13.5 Å². The van der Waals surface area contributed by atoms with E-state index in [1.807, 2.05) is 52.0 Å². The number of aryl methyl sites for hydroxylation is 15. The second kappa shape index (κ2) is 61.4. The molecular formula is C96H148BrN15O14S. The van der Waals surface area contributed by atoms with E-state index in [0.29, 0.717) is 96.5 Å². The van der Waals surface area contributed by atoms with Crippen molar-refractivity contribution in [3.63, 3.8) is 0 Å². The molecular weight excluding hydrogens is 1700 g/mol. The number of anilines is 2. The lowest BCUT2D eigenvalue weighted by Crippen LogP contribution is -2.23. The van der Waals surface area contributed by atoms with Crippen LogP contribution in [0.25, 0.3) is 17.5 Å². The van der Waals surface area contributed by atoms with Crippen molar-refractivity contribution in [1.82, 2.24) is 47.8 Å². The largest absolute Gasteiger partial charge is 0.479 e. The average molecular weight is 1850 g/mol. The predicted octanol–water partition coefficient (Wildman–Crippen LogP) is 13.7. The first-order valence-corrected chi connectivity index (χ1v) is 43.8. The molecule has 0 spiro atoms. The highest BCUT2D eigenvalue weighted by Gasteiger charge is 2.19. The number of hydrogen-bond donors (Lipinski definition) is 11. The van der Waals surface area contributed by atoms with Crippen molar-refractivity contribution in [3.8, 4) is 17.5 Å². The molecule has 16 N–H and O–H groups in total. The Labute approximate surface area is 768 Å². The number of carboxylic acids is 1. The molecule has 0 bridgehead atoms. The summed E-state index contributed by atoms with van der Waals surface area (Å²) in [5, 5.41) is 51.8. The normalized spacial score (nSPS) is 12.4. The molecule has 11 heterocycles. The Balaban J connectivity index is 0.000000551. The fourth-order valence-electron chi connectivity index (χ4n) is 13.3. The van der Waals surface area contributed by atoms with Gasteiger partial charge in [0.2, 0.25) is 0 Å². The molecule has 1 saturated heterocycles. The van der Waals surface area contributed by atoms with Gasteiger partial charge in [0.15, 0.2) is 6.10 Å². The van der Waals surface area contributed by atoms with Crippen LogP contribution in [0.4, 0.5) is 11.6 Å². The maximum atomic E-state index is 10.2. The van der Waals surface area contributed by atoms with Crippen LogP contribution in [0.5, 0.6) is 0 Å². The highest BCUT2D eigenvalue weighted by atomic mass is 79.9. The maximum Gasteiger partial charge on any atom is 0.332 e. The number of aliphatic carboxylic acids is 1. The second-order valence-corrected chi connectivity index (χ2v) is 32.1. The number of nitrogen functional groups attached to an aromatic ring is 2. The highest BCUT2D eigenvalue weighted by Crippen LogP contribution is 2.23. The summed E-state index contributed by atoms with van der Waals surface area (Å²) in [4.78, 5) is 53.2. The molecule has 0 aromatic carbocycles. The fraction of sp³-hybridized carbons (Fsp3) is 0.500. The van der Waals surface area contributed by atoms with Crippen LogP contribution >= 0.6 is 29.4 Å². The van der Waals surface area contributed by atoms with Gasteiger partial charge < -0.3 is 115 Å². The van der Waals surface area contributed by atoms with E-state index in [1.165, 1.54) is 89.2 Å². The molecule has 0 radical (unpaired) electrons. The van der Waals surface area contributed by atoms with Crippen molar-refractivity contribution in [2.45, 2.75) is 258 Å². The third-order valence-corrected chi connectivity index (χ3v) is 20.4. The monoisotopic (exact) mass is 1850 g/mol. The minimum Gasteiger partial charge on any atom is -0.479 e. The average Bonchev–Trinajstić information content (AvgIpc) is 1.70. The smallest absolute Gasteiger partial charge is 0.332 e. The van der Waals surface area contributed by atoms with E-state index in [9.17, 15) is 19.5 Å². The number of nitrogens with two attached hydrogens (primary N) is 5. The quantitative estimate of drug-likeness (QED) is 0.0162. The Kier molecular flexibility index (Phi) is 55.1. The number of rotatable bonds is 36. The molecule has 10 aromatic rings. The summed E-state index contributed by atoms with van der Waals surface area (Å²) in [7, 11) is 0. The van der Waals surface area contributed by atoms with E-state index in [-0.39, 0.29) is 70.9 Å². The molecule has 704 valence electrons. The zero-order chi connectivity index (χ0) is 92.8. The summed E-state index contributed by atoms with van der Waals surface area (Å²) in [6, 6.07) is 41.4. The molecule has 0 amide bonds. The van der Waals surface area contributed by atoms with Gasteiger partial charge in [-0.3, -0.25) is 0 Å². The number of carbonyl (C=O) groups excluding carboxylic acids is 2. The zero-order valence-electron chi connectivity index (χ0n) is 77.3. The number of alkyl halides is 1. The van der Waals surface area contributed by atoms with Gasteiger partial charge in [-0.25, -0.2) is 29.7 Å². The van der Waals surface area contributed by atoms with Crippen LogP contribution in [0.3, 0.4) is 0 Å². The van der Waals surface area contributed by atoms with Gasteiger partial charge in [-0.15, -0.1) is 0 Å². The first-order chi connectivity index (χ1) is 59.4. The van der Waals surface area contributed by atoms with Gasteiger partial charge in [0, 0.05) is 101 Å². The van der Waals surface area contributed by atoms with Crippen molar-refractivity contribution >= 4 is 58.6 Å². The number of ketones is 2. The number of aromatic nitrogens is 10. The molecule has 10 aromatic heterocycles. The molecule has 1 aliphatic rings. The Morgan fingerprint density at radius 3 is 1.02 bits per heavy atom. The molecule has 0 unspecified atom stereocenters.